The molecule has 0 aliphatic carbocycles. The smallest absolute Gasteiger partial charge is 0.305 e. The van der Waals surface area contributed by atoms with Crippen LogP contribution in [0.1, 0.15) is 13.8 Å². The summed E-state index contributed by atoms with van der Waals surface area (Å²) in [7, 11) is -5.83. The van der Waals surface area contributed by atoms with E-state index in [0.29, 0.717) is 0 Å². The van der Waals surface area contributed by atoms with Gasteiger partial charge in [0.15, 0.2) is 0 Å². The van der Waals surface area contributed by atoms with Crippen molar-refractivity contribution in [3.63, 3.8) is 0 Å². The van der Waals surface area contributed by atoms with Gasteiger partial charge in [-0.3, -0.25) is 4.57 Å². The fourth-order valence-electron chi connectivity index (χ4n) is 0.962. The maximum atomic E-state index is 13.4. The van der Waals surface area contributed by atoms with Crippen LogP contribution in [0.25, 0.3) is 0 Å². The largest absolute Gasteiger partial charge is 0.414 e. The van der Waals surface area contributed by atoms with Crippen molar-refractivity contribution < 1.29 is 44.3 Å². The van der Waals surface area contributed by atoms with E-state index in [0.717, 1.165) is 13.8 Å². The number of allylic oxidation sites excluding steroid dienone is 1. The number of rotatable bonds is 7. The van der Waals surface area contributed by atoms with Crippen molar-refractivity contribution in [2.75, 3.05) is 13.2 Å². The molecule has 0 amide bonds. The average molecular weight is 318 g/mol. The monoisotopic (exact) mass is 318 g/mol. The van der Waals surface area contributed by atoms with Crippen LogP contribution in [-0.4, -0.2) is 24.8 Å². The standard InChI is InChI=1S/C8H10F7O3P/c1-3-17-19(16,18-4-2)8(14,15)7(12,13)5(9)6(10)11/h3-4H2,1-2H3. The molecule has 0 rings (SSSR count). The summed E-state index contributed by atoms with van der Waals surface area (Å²) in [5.74, 6) is -9.71. The molecule has 0 aromatic carbocycles. The summed E-state index contributed by atoms with van der Waals surface area (Å²) in [6.07, 6.45) is -3.65. The minimum absolute atomic E-state index is 0.730. The molecule has 114 valence electrons. The van der Waals surface area contributed by atoms with Crippen molar-refractivity contribution in [3.8, 4) is 0 Å². The lowest BCUT2D eigenvalue weighted by molar-refractivity contribution is -0.158. The molecular weight excluding hydrogens is 308 g/mol. The number of hydrogen-bond acceptors (Lipinski definition) is 3. The van der Waals surface area contributed by atoms with Gasteiger partial charge in [0, 0.05) is 0 Å². The van der Waals surface area contributed by atoms with Gasteiger partial charge in [0.2, 0.25) is 5.83 Å². The topological polar surface area (TPSA) is 35.5 Å². The van der Waals surface area contributed by atoms with Crippen LogP contribution in [0.15, 0.2) is 11.9 Å². The molecule has 0 spiro atoms. The van der Waals surface area contributed by atoms with E-state index in [4.69, 9.17) is 0 Å². The molecule has 0 aliphatic rings. The number of halogens is 7. The third-order valence-electron chi connectivity index (χ3n) is 1.76. The fraction of sp³-hybridized carbons (Fsp3) is 0.750. The number of alkyl halides is 4. The summed E-state index contributed by atoms with van der Waals surface area (Å²) in [5.41, 5.74) is -5.78. The van der Waals surface area contributed by atoms with Gasteiger partial charge in [0.1, 0.15) is 0 Å². The maximum Gasteiger partial charge on any atom is 0.414 e. The van der Waals surface area contributed by atoms with Crippen LogP contribution in [0, 0.1) is 0 Å². The van der Waals surface area contributed by atoms with E-state index >= 15 is 0 Å². The third-order valence-corrected chi connectivity index (χ3v) is 3.93. The molecule has 0 aromatic rings. The quantitative estimate of drug-likeness (QED) is 0.510. The van der Waals surface area contributed by atoms with Gasteiger partial charge in [-0.05, 0) is 13.8 Å². The minimum Gasteiger partial charge on any atom is -0.305 e. The molecule has 0 N–H and O–H groups in total. The first kappa shape index (κ1) is 18.4. The van der Waals surface area contributed by atoms with Crippen molar-refractivity contribution in [1.82, 2.24) is 0 Å². The third kappa shape index (κ3) is 3.29. The van der Waals surface area contributed by atoms with Crippen LogP contribution in [0.2, 0.25) is 0 Å². The lowest BCUT2D eigenvalue weighted by Gasteiger charge is -2.30. The molecule has 0 unspecified atom stereocenters. The Morgan fingerprint density at radius 1 is 1.00 bits per heavy atom. The summed E-state index contributed by atoms with van der Waals surface area (Å²) >= 11 is 0. The van der Waals surface area contributed by atoms with Gasteiger partial charge in [-0.15, -0.1) is 0 Å². The SMILES string of the molecule is CCOP(=O)(OCC)C(F)(F)C(F)(F)C(F)=C(F)F. The van der Waals surface area contributed by atoms with E-state index in [9.17, 15) is 35.3 Å². The van der Waals surface area contributed by atoms with Crippen LogP contribution in [0.3, 0.4) is 0 Å². The van der Waals surface area contributed by atoms with E-state index in [1.54, 1.807) is 0 Å². The van der Waals surface area contributed by atoms with Crippen molar-refractivity contribution in [2.24, 2.45) is 0 Å². The molecule has 0 saturated heterocycles. The normalized spacial score (nSPS) is 13.5. The lowest BCUT2D eigenvalue weighted by Crippen LogP contribution is -2.42. The molecule has 0 atom stereocenters. The first-order valence-electron chi connectivity index (χ1n) is 4.84. The minimum atomic E-state index is -6.02. The summed E-state index contributed by atoms with van der Waals surface area (Å²) in [4.78, 5) is 0. The first-order valence-corrected chi connectivity index (χ1v) is 6.38. The van der Waals surface area contributed by atoms with Crippen LogP contribution < -0.4 is 0 Å². The average Bonchev–Trinajstić information content (AvgIpc) is 2.27. The molecular formula is C8H10F7O3P. The predicted molar refractivity (Wildman–Crippen MR) is 51.1 cm³/mol. The first-order chi connectivity index (χ1) is 8.48. The molecule has 0 radical (unpaired) electrons. The molecule has 19 heavy (non-hydrogen) atoms. The Kier molecular flexibility index (Phi) is 6.04. The van der Waals surface area contributed by atoms with Crippen LogP contribution in [-0.2, 0) is 13.6 Å². The second-order valence-corrected chi connectivity index (χ2v) is 5.10. The van der Waals surface area contributed by atoms with Gasteiger partial charge >= 0.3 is 25.3 Å². The Labute approximate surface area is 103 Å². The molecule has 11 heteroatoms. The van der Waals surface area contributed by atoms with E-state index in [-0.39, 0.29) is 0 Å². The molecule has 3 nitrogen and oxygen atoms in total. The summed E-state index contributed by atoms with van der Waals surface area (Å²) in [5, 5.41) is 0. The summed E-state index contributed by atoms with van der Waals surface area (Å²) in [6.45, 7) is 0.600. The summed E-state index contributed by atoms with van der Waals surface area (Å²) < 4.78 is 108. The van der Waals surface area contributed by atoms with Crippen LogP contribution >= 0.6 is 7.60 Å². The Balaban J connectivity index is 5.80. The highest BCUT2D eigenvalue weighted by Gasteiger charge is 2.73. The van der Waals surface area contributed by atoms with Gasteiger partial charge < -0.3 is 9.05 Å². The Morgan fingerprint density at radius 3 is 1.63 bits per heavy atom. The summed E-state index contributed by atoms with van der Waals surface area (Å²) in [6, 6.07) is 0. The molecule has 0 bridgehead atoms. The highest BCUT2D eigenvalue weighted by molar-refractivity contribution is 7.55. The Bertz CT molecular complexity index is 382. The van der Waals surface area contributed by atoms with Crippen molar-refractivity contribution in [3.05, 3.63) is 11.9 Å². The van der Waals surface area contributed by atoms with E-state index in [1.807, 2.05) is 0 Å². The second-order valence-electron chi connectivity index (χ2n) is 3.02. The number of hydrogen-bond donors (Lipinski definition) is 0. The molecule has 0 saturated carbocycles. The van der Waals surface area contributed by atoms with Crippen LogP contribution in [0.5, 0.6) is 0 Å². The highest BCUT2D eigenvalue weighted by atomic mass is 31.2. The molecule has 0 aliphatic heterocycles. The van der Waals surface area contributed by atoms with Crippen molar-refractivity contribution >= 4 is 7.60 Å². The lowest BCUT2D eigenvalue weighted by atomic mass is 10.3. The Morgan fingerprint density at radius 2 is 1.37 bits per heavy atom. The van der Waals surface area contributed by atoms with Crippen molar-refractivity contribution in [1.29, 1.82) is 0 Å². The molecule has 0 fully saturated rings. The highest BCUT2D eigenvalue weighted by Crippen LogP contribution is 2.68. The van der Waals surface area contributed by atoms with Gasteiger partial charge in [0.25, 0.3) is 0 Å². The van der Waals surface area contributed by atoms with E-state index in [2.05, 4.69) is 9.05 Å². The van der Waals surface area contributed by atoms with Crippen molar-refractivity contribution in [2.45, 2.75) is 25.4 Å². The maximum absolute atomic E-state index is 13.4. The molecule has 0 heterocycles. The zero-order chi connectivity index (χ0) is 15.5. The van der Waals surface area contributed by atoms with Gasteiger partial charge in [-0.2, -0.15) is 30.7 Å². The zero-order valence-corrected chi connectivity index (χ0v) is 10.6. The zero-order valence-electron chi connectivity index (χ0n) is 9.73. The predicted octanol–water partition coefficient (Wildman–Crippen LogP) is 4.56. The van der Waals surface area contributed by atoms with Gasteiger partial charge in [0.05, 0.1) is 13.2 Å². The van der Waals surface area contributed by atoms with E-state index in [1.165, 1.54) is 0 Å². The molecule has 0 aromatic heterocycles. The van der Waals surface area contributed by atoms with E-state index < -0.39 is 44.3 Å². The fourth-order valence-corrected chi connectivity index (χ4v) is 2.48. The second kappa shape index (κ2) is 6.23. The van der Waals surface area contributed by atoms with Gasteiger partial charge in [-0.25, -0.2) is 0 Å². The van der Waals surface area contributed by atoms with Gasteiger partial charge in [-0.1, -0.05) is 0 Å². The Hall–Kier alpha value is -0.600. The van der Waals surface area contributed by atoms with Crippen LogP contribution in [0.4, 0.5) is 30.7 Å².